The Labute approximate surface area is 111 Å². The normalized spacial score (nSPS) is 13.9. The summed E-state index contributed by atoms with van der Waals surface area (Å²) in [7, 11) is 0. The summed E-state index contributed by atoms with van der Waals surface area (Å²) in [6.45, 7) is 0. The number of benzene rings is 2. The first-order valence-electron chi connectivity index (χ1n) is 5.66. The van der Waals surface area contributed by atoms with E-state index in [1.54, 1.807) is 48.5 Å². The standard InChI is InChI=1S/C15H13ClO2/c16-13(14(17)11-7-3-1-4-8-11)15(18)12-9-5-2-6-10-12/h1-10,13-14,17H. The molecule has 2 atom stereocenters. The molecule has 0 heterocycles. The van der Waals surface area contributed by atoms with Crippen LogP contribution in [0.1, 0.15) is 22.0 Å². The number of hydrogen-bond acceptors (Lipinski definition) is 2. The monoisotopic (exact) mass is 260 g/mol. The Morgan fingerprint density at radius 1 is 0.944 bits per heavy atom. The molecule has 0 aliphatic heterocycles. The average Bonchev–Trinajstić information content (AvgIpc) is 2.47. The first kappa shape index (κ1) is 12.8. The van der Waals surface area contributed by atoms with Crippen molar-refractivity contribution < 1.29 is 9.90 Å². The van der Waals surface area contributed by atoms with Crippen molar-refractivity contribution in [3.63, 3.8) is 0 Å². The number of Topliss-reactive ketones (excluding diaryl/α,β-unsaturated/α-hetero) is 1. The molecule has 18 heavy (non-hydrogen) atoms. The maximum Gasteiger partial charge on any atom is 0.183 e. The van der Waals surface area contributed by atoms with Gasteiger partial charge >= 0.3 is 0 Å². The van der Waals surface area contributed by atoms with E-state index in [0.717, 1.165) is 0 Å². The molecule has 0 aliphatic rings. The number of ketones is 1. The zero-order valence-electron chi connectivity index (χ0n) is 9.66. The number of halogens is 1. The molecule has 0 saturated heterocycles. The van der Waals surface area contributed by atoms with Gasteiger partial charge in [0, 0.05) is 5.56 Å². The van der Waals surface area contributed by atoms with Gasteiger partial charge in [-0.05, 0) is 5.56 Å². The number of rotatable bonds is 4. The Kier molecular flexibility index (Phi) is 4.13. The zero-order chi connectivity index (χ0) is 13.0. The first-order chi connectivity index (χ1) is 8.70. The highest BCUT2D eigenvalue weighted by molar-refractivity contribution is 6.34. The van der Waals surface area contributed by atoms with Gasteiger partial charge in [0.2, 0.25) is 0 Å². The van der Waals surface area contributed by atoms with E-state index in [1.807, 2.05) is 12.1 Å². The highest BCUT2D eigenvalue weighted by Crippen LogP contribution is 2.23. The molecule has 2 rings (SSSR count). The minimum Gasteiger partial charge on any atom is -0.386 e. The number of carbonyl (C=O) groups excluding carboxylic acids is 1. The van der Waals surface area contributed by atoms with Crippen LogP contribution in [-0.2, 0) is 0 Å². The van der Waals surface area contributed by atoms with Crippen LogP contribution >= 0.6 is 11.6 Å². The summed E-state index contributed by atoms with van der Waals surface area (Å²) in [5.74, 6) is -0.270. The largest absolute Gasteiger partial charge is 0.386 e. The third kappa shape index (κ3) is 2.78. The first-order valence-corrected chi connectivity index (χ1v) is 6.10. The maximum atomic E-state index is 12.1. The number of hydrogen-bond donors (Lipinski definition) is 1. The number of alkyl halides is 1. The van der Waals surface area contributed by atoms with Crippen molar-refractivity contribution in [2.24, 2.45) is 0 Å². The molecule has 0 fully saturated rings. The lowest BCUT2D eigenvalue weighted by atomic mass is 10.00. The second kappa shape index (κ2) is 5.80. The smallest absolute Gasteiger partial charge is 0.183 e. The lowest BCUT2D eigenvalue weighted by Gasteiger charge is -2.16. The average molecular weight is 261 g/mol. The Balaban J connectivity index is 2.17. The summed E-state index contributed by atoms with van der Waals surface area (Å²) >= 11 is 6.05. The van der Waals surface area contributed by atoms with Crippen LogP contribution in [0.2, 0.25) is 0 Å². The second-order valence-electron chi connectivity index (χ2n) is 3.99. The summed E-state index contributed by atoms with van der Waals surface area (Å²) in [4.78, 5) is 12.1. The Bertz CT molecular complexity index is 511. The van der Waals surface area contributed by atoms with Gasteiger partial charge in [-0.3, -0.25) is 4.79 Å². The third-order valence-corrected chi connectivity index (χ3v) is 3.16. The van der Waals surface area contributed by atoms with Gasteiger partial charge in [0.25, 0.3) is 0 Å². The predicted molar refractivity (Wildman–Crippen MR) is 71.8 cm³/mol. The summed E-state index contributed by atoms with van der Waals surface area (Å²) in [5, 5.41) is 9.09. The van der Waals surface area contributed by atoms with Gasteiger partial charge in [0.05, 0.1) is 0 Å². The minimum absolute atomic E-state index is 0.270. The van der Waals surface area contributed by atoms with Gasteiger partial charge in [-0.1, -0.05) is 60.7 Å². The van der Waals surface area contributed by atoms with Crippen LogP contribution in [0.4, 0.5) is 0 Å². The van der Waals surface area contributed by atoms with E-state index in [4.69, 9.17) is 11.6 Å². The Morgan fingerprint density at radius 3 is 2.00 bits per heavy atom. The molecule has 0 spiro atoms. The molecule has 0 aromatic heterocycles. The molecule has 1 N–H and O–H groups in total. The van der Waals surface area contributed by atoms with Gasteiger partial charge in [0.1, 0.15) is 11.5 Å². The van der Waals surface area contributed by atoms with Crippen molar-refractivity contribution >= 4 is 17.4 Å². The molecule has 0 bridgehead atoms. The van der Waals surface area contributed by atoms with Crippen LogP contribution in [-0.4, -0.2) is 16.3 Å². The SMILES string of the molecule is O=C(c1ccccc1)C(Cl)C(O)c1ccccc1. The van der Waals surface area contributed by atoms with Crippen molar-refractivity contribution in [1.29, 1.82) is 0 Å². The van der Waals surface area contributed by atoms with E-state index in [-0.39, 0.29) is 5.78 Å². The van der Waals surface area contributed by atoms with E-state index in [1.165, 1.54) is 0 Å². The summed E-state index contributed by atoms with van der Waals surface area (Å²) in [5.41, 5.74) is 1.15. The lowest BCUT2D eigenvalue weighted by Crippen LogP contribution is -2.22. The van der Waals surface area contributed by atoms with E-state index >= 15 is 0 Å². The zero-order valence-corrected chi connectivity index (χ0v) is 10.4. The van der Waals surface area contributed by atoms with Crippen LogP contribution < -0.4 is 0 Å². The van der Waals surface area contributed by atoms with Crippen molar-refractivity contribution in [3.05, 3.63) is 71.8 Å². The lowest BCUT2D eigenvalue weighted by molar-refractivity contribution is 0.0891. The van der Waals surface area contributed by atoms with E-state index in [9.17, 15) is 9.90 Å². The number of aliphatic hydroxyl groups is 1. The van der Waals surface area contributed by atoms with Crippen LogP contribution in [0.5, 0.6) is 0 Å². The predicted octanol–water partition coefficient (Wildman–Crippen LogP) is 3.21. The highest BCUT2D eigenvalue weighted by Gasteiger charge is 2.26. The molecular formula is C15H13ClO2. The summed E-state index contributed by atoms with van der Waals surface area (Å²) in [6.07, 6.45) is -0.999. The van der Waals surface area contributed by atoms with Crippen molar-refractivity contribution in [2.45, 2.75) is 11.5 Å². The molecule has 0 saturated carbocycles. The molecule has 0 amide bonds. The maximum absolute atomic E-state index is 12.1. The van der Waals surface area contributed by atoms with Crippen molar-refractivity contribution in [3.8, 4) is 0 Å². The number of carbonyl (C=O) groups is 1. The van der Waals surface area contributed by atoms with Gasteiger partial charge in [-0.25, -0.2) is 0 Å². The Morgan fingerprint density at radius 2 is 1.44 bits per heavy atom. The highest BCUT2D eigenvalue weighted by atomic mass is 35.5. The summed E-state index contributed by atoms with van der Waals surface area (Å²) < 4.78 is 0. The summed E-state index contributed by atoms with van der Waals surface area (Å²) in [6, 6.07) is 17.7. The molecule has 0 aliphatic carbocycles. The molecular weight excluding hydrogens is 248 g/mol. The molecule has 2 aromatic carbocycles. The molecule has 0 radical (unpaired) electrons. The van der Waals surface area contributed by atoms with E-state index < -0.39 is 11.5 Å². The van der Waals surface area contributed by atoms with Gasteiger partial charge in [0.15, 0.2) is 5.78 Å². The van der Waals surface area contributed by atoms with Gasteiger partial charge in [-0.2, -0.15) is 0 Å². The quantitative estimate of drug-likeness (QED) is 0.677. The fraction of sp³-hybridized carbons (Fsp3) is 0.133. The van der Waals surface area contributed by atoms with Crippen LogP contribution in [0.25, 0.3) is 0 Å². The van der Waals surface area contributed by atoms with Gasteiger partial charge in [-0.15, -0.1) is 11.6 Å². The minimum atomic E-state index is -0.999. The van der Waals surface area contributed by atoms with Crippen molar-refractivity contribution in [1.82, 2.24) is 0 Å². The third-order valence-electron chi connectivity index (χ3n) is 2.73. The topological polar surface area (TPSA) is 37.3 Å². The van der Waals surface area contributed by atoms with Crippen LogP contribution in [0.3, 0.4) is 0 Å². The molecule has 2 unspecified atom stereocenters. The molecule has 2 nitrogen and oxygen atoms in total. The molecule has 3 heteroatoms. The van der Waals surface area contributed by atoms with Gasteiger partial charge < -0.3 is 5.11 Å². The number of aliphatic hydroxyl groups excluding tert-OH is 1. The van der Waals surface area contributed by atoms with E-state index in [0.29, 0.717) is 11.1 Å². The molecule has 2 aromatic rings. The van der Waals surface area contributed by atoms with Crippen LogP contribution in [0.15, 0.2) is 60.7 Å². The molecule has 92 valence electrons. The fourth-order valence-corrected chi connectivity index (χ4v) is 2.00. The van der Waals surface area contributed by atoms with Crippen LogP contribution in [0, 0.1) is 0 Å². The Hall–Kier alpha value is -1.64. The van der Waals surface area contributed by atoms with E-state index in [2.05, 4.69) is 0 Å². The fourth-order valence-electron chi connectivity index (χ4n) is 1.72. The second-order valence-corrected chi connectivity index (χ2v) is 4.46. The van der Waals surface area contributed by atoms with Crippen molar-refractivity contribution in [2.75, 3.05) is 0 Å².